The monoisotopic (exact) mass is 232 g/mol. The van der Waals surface area contributed by atoms with Gasteiger partial charge in [-0.05, 0) is 30.9 Å². The molecule has 1 aliphatic rings. The van der Waals surface area contributed by atoms with Crippen molar-refractivity contribution in [1.82, 2.24) is 0 Å². The average molecular weight is 232 g/mol. The second kappa shape index (κ2) is 4.70. The second-order valence-corrected chi connectivity index (χ2v) is 4.49. The SMILES string of the molecule is CCOC(=O)C1(CC=O)Cc2ccccc2C1. The van der Waals surface area contributed by atoms with Gasteiger partial charge in [0.05, 0.1) is 12.0 Å². The molecular weight excluding hydrogens is 216 g/mol. The molecular formula is C14H16O3. The van der Waals surface area contributed by atoms with E-state index in [9.17, 15) is 9.59 Å². The molecule has 0 amide bonds. The van der Waals surface area contributed by atoms with Crippen molar-refractivity contribution >= 4 is 12.3 Å². The first kappa shape index (κ1) is 11.8. The van der Waals surface area contributed by atoms with E-state index in [-0.39, 0.29) is 12.4 Å². The van der Waals surface area contributed by atoms with E-state index in [0.717, 1.165) is 17.4 Å². The number of hydrogen-bond acceptors (Lipinski definition) is 3. The lowest BCUT2D eigenvalue weighted by Gasteiger charge is -2.23. The van der Waals surface area contributed by atoms with Gasteiger partial charge in [0.15, 0.2) is 0 Å². The molecule has 0 radical (unpaired) electrons. The molecule has 0 heterocycles. The largest absolute Gasteiger partial charge is 0.466 e. The number of fused-ring (bicyclic) bond motifs is 1. The molecule has 1 aromatic carbocycles. The fourth-order valence-corrected chi connectivity index (χ4v) is 2.51. The maximum atomic E-state index is 12.0. The summed E-state index contributed by atoms with van der Waals surface area (Å²) in [7, 11) is 0. The molecule has 90 valence electrons. The van der Waals surface area contributed by atoms with Crippen LogP contribution in [-0.4, -0.2) is 18.9 Å². The lowest BCUT2D eigenvalue weighted by atomic mass is 9.82. The highest BCUT2D eigenvalue weighted by molar-refractivity contribution is 5.82. The third-order valence-electron chi connectivity index (χ3n) is 3.36. The van der Waals surface area contributed by atoms with Crippen molar-refractivity contribution in [1.29, 1.82) is 0 Å². The van der Waals surface area contributed by atoms with Crippen LogP contribution in [-0.2, 0) is 27.2 Å². The number of aldehydes is 1. The Morgan fingerprint density at radius 1 is 1.35 bits per heavy atom. The highest BCUT2D eigenvalue weighted by atomic mass is 16.5. The zero-order valence-corrected chi connectivity index (χ0v) is 9.94. The molecule has 0 spiro atoms. The van der Waals surface area contributed by atoms with Crippen LogP contribution >= 0.6 is 0 Å². The molecule has 0 unspecified atom stereocenters. The van der Waals surface area contributed by atoms with Crippen LogP contribution < -0.4 is 0 Å². The fraction of sp³-hybridized carbons (Fsp3) is 0.429. The Hall–Kier alpha value is -1.64. The Bertz CT molecular complexity index is 412. The maximum absolute atomic E-state index is 12.0. The van der Waals surface area contributed by atoms with Gasteiger partial charge in [0.25, 0.3) is 0 Å². The van der Waals surface area contributed by atoms with Crippen molar-refractivity contribution in [2.75, 3.05) is 6.61 Å². The number of benzene rings is 1. The molecule has 0 aromatic heterocycles. The second-order valence-electron chi connectivity index (χ2n) is 4.49. The molecule has 0 fully saturated rings. The van der Waals surface area contributed by atoms with E-state index in [1.165, 1.54) is 0 Å². The Balaban J connectivity index is 2.28. The van der Waals surface area contributed by atoms with Gasteiger partial charge in [-0.1, -0.05) is 24.3 Å². The summed E-state index contributed by atoms with van der Waals surface area (Å²) in [6, 6.07) is 7.95. The van der Waals surface area contributed by atoms with E-state index in [2.05, 4.69) is 0 Å². The van der Waals surface area contributed by atoms with Gasteiger partial charge in [0.2, 0.25) is 0 Å². The summed E-state index contributed by atoms with van der Waals surface area (Å²) in [5.74, 6) is -0.247. The first-order chi connectivity index (χ1) is 8.22. The zero-order valence-electron chi connectivity index (χ0n) is 9.94. The van der Waals surface area contributed by atoms with Gasteiger partial charge in [-0.2, -0.15) is 0 Å². The number of esters is 1. The minimum absolute atomic E-state index is 0.237. The molecule has 1 aromatic rings. The van der Waals surface area contributed by atoms with Crippen molar-refractivity contribution in [3.63, 3.8) is 0 Å². The maximum Gasteiger partial charge on any atom is 0.313 e. The van der Waals surface area contributed by atoms with Gasteiger partial charge in [0, 0.05) is 6.42 Å². The topological polar surface area (TPSA) is 43.4 Å². The molecule has 3 heteroatoms. The van der Waals surface area contributed by atoms with Crippen molar-refractivity contribution in [2.45, 2.75) is 26.2 Å². The first-order valence-electron chi connectivity index (χ1n) is 5.89. The number of carbonyl (C=O) groups is 2. The van der Waals surface area contributed by atoms with E-state index < -0.39 is 5.41 Å². The summed E-state index contributed by atoms with van der Waals surface area (Å²) in [6.07, 6.45) is 2.28. The lowest BCUT2D eigenvalue weighted by Crippen LogP contribution is -2.34. The first-order valence-corrected chi connectivity index (χ1v) is 5.89. The fourth-order valence-electron chi connectivity index (χ4n) is 2.51. The van der Waals surface area contributed by atoms with E-state index in [0.29, 0.717) is 19.4 Å². The normalized spacial score (nSPS) is 16.3. The quantitative estimate of drug-likeness (QED) is 0.588. The van der Waals surface area contributed by atoms with Crippen LogP contribution in [0.1, 0.15) is 24.5 Å². The van der Waals surface area contributed by atoms with Gasteiger partial charge in [0.1, 0.15) is 6.29 Å². The van der Waals surface area contributed by atoms with Gasteiger partial charge in [-0.3, -0.25) is 4.79 Å². The molecule has 0 bridgehead atoms. The minimum Gasteiger partial charge on any atom is -0.466 e. The van der Waals surface area contributed by atoms with E-state index >= 15 is 0 Å². The molecule has 0 saturated carbocycles. The number of hydrogen-bond donors (Lipinski definition) is 0. The summed E-state index contributed by atoms with van der Waals surface area (Å²) >= 11 is 0. The number of ether oxygens (including phenoxy) is 1. The summed E-state index contributed by atoms with van der Waals surface area (Å²) < 4.78 is 5.12. The Kier molecular flexibility index (Phi) is 3.27. The number of carbonyl (C=O) groups excluding carboxylic acids is 2. The van der Waals surface area contributed by atoms with Gasteiger partial charge in [-0.25, -0.2) is 0 Å². The standard InChI is InChI=1S/C14H16O3/c1-2-17-13(16)14(7-8-15)9-11-5-3-4-6-12(11)10-14/h3-6,8H,2,7,9-10H2,1H3. The Labute approximate surface area is 101 Å². The molecule has 2 rings (SSSR count). The average Bonchev–Trinajstić information content (AvgIpc) is 2.69. The smallest absolute Gasteiger partial charge is 0.313 e. The third-order valence-corrected chi connectivity index (χ3v) is 3.36. The molecule has 0 N–H and O–H groups in total. The number of rotatable bonds is 4. The van der Waals surface area contributed by atoms with Crippen LogP contribution in [0.5, 0.6) is 0 Å². The van der Waals surface area contributed by atoms with Gasteiger partial charge < -0.3 is 9.53 Å². The third kappa shape index (κ3) is 2.09. The molecule has 3 nitrogen and oxygen atoms in total. The van der Waals surface area contributed by atoms with E-state index in [4.69, 9.17) is 4.74 Å². The summed E-state index contributed by atoms with van der Waals surface area (Å²) in [5.41, 5.74) is 1.64. The molecule has 0 atom stereocenters. The van der Waals surface area contributed by atoms with Crippen LogP contribution in [0, 0.1) is 5.41 Å². The lowest BCUT2D eigenvalue weighted by molar-refractivity contribution is -0.156. The highest BCUT2D eigenvalue weighted by Gasteiger charge is 2.44. The molecule has 0 aliphatic heterocycles. The van der Waals surface area contributed by atoms with E-state index in [1.807, 2.05) is 24.3 Å². The van der Waals surface area contributed by atoms with Crippen molar-refractivity contribution < 1.29 is 14.3 Å². The van der Waals surface area contributed by atoms with Crippen molar-refractivity contribution in [3.8, 4) is 0 Å². The van der Waals surface area contributed by atoms with E-state index in [1.54, 1.807) is 6.92 Å². The van der Waals surface area contributed by atoms with Crippen molar-refractivity contribution in [3.05, 3.63) is 35.4 Å². The van der Waals surface area contributed by atoms with Crippen LogP contribution in [0.2, 0.25) is 0 Å². The molecule has 0 saturated heterocycles. The van der Waals surface area contributed by atoms with Gasteiger partial charge >= 0.3 is 5.97 Å². The van der Waals surface area contributed by atoms with Crippen LogP contribution in [0.4, 0.5) is 0 Å². The minimum atomic E-state index is -0.665. The summed E-state index contributed by atoms with van der Waals surface area (Å²) in [6.45, 7) is 2.14. The van der Waals surface area contributed by atoms with Crippen LogP contribution in [0.3, 0.4) is 0 Å². The Morgan fingerprint density at radius 3 is 2.41 bits per heavy atom. The predicted octanol–water partition coefficient (Wildman–Crippen LogP) is 1.92. The summed E-state index contributed by atoms with van der Waals surface area (Å²) in [4.78, 5) is 22.9. The predicted molar refractivity (Wildman–Crippen MR) is 63.6 cm³/mol. The zero-order chi connectivity index (χ0) is 12.3. The highest BCUT2D eigenvalue weighted by Crippen LogP contribution is 2.40. The van der Waals surface area contributed by atoms with Crippen LogP contribution in [0.25, 0.3) is 0 Å². The Morgan fingerprint density at radius 2 is 1.94 bits per heavy atom. The molecule has 17 heavy (non-hydrogen) atoms. The van der Waals surface area contributed by atoms with Crippen LogP contribution in [0.15, 0.2) is 24.3 Å². The van der Waals surface area contributed by atoms with Gasteiger partial charge in [-0.15, -0.1) is 0 Å². The summed E-state index contributed by atoms with van der Waals surface area (Å²) in [5, 5.41) is 0. The molecule has 1 aliphatic carbocycles. The van der Waals surface area contributed by atoms with Crippen molar-refractivity contribution in [2.24, 2.45) is 5.41 Å².